The molecule has 1 N–H and O–H groups in total. The van der Waals surface area contributed by atoms with E-state index in [2.05, 4.69) is 31.1 Å². The topological polar surface area (TPSA) is 96.5 Å². The van der Waals surface area contributed by atoms with Crippen LogP contribution in [0.1, 0.15) is 31.9 Å². The molecular weight excluding hydrogens is 476 g/mol. The van der Waals surface area contributed by atoms with Crippen molar-refractivity contribution in [3.8, 4) is 17.7 Å². The van der Waals surface area contributed by atoms with Gasteiger partial charge < -0.3 is 10.1 Å². The minimum atomic E-state index is -0.719. The predicted octanol–water partition coefficient (Wildman–Crippen LogP) is 5.98. The summed E-state index contributed by atoms with van der Waals surface area (Å²) >= 11 is 6.12. The normalized spacial score (nSPS) is 11.7. The summed E-state index contributed by atoms with van der Waals surface area (Å²) < 4.78 is 7.32. The van der Waals surface area contributed by atoms with Crippen molar-refractivity contribution in [2.24, 2.45) is 0 Å². The van der Waals surface area contributed by atoms with Gasteiger partial charge in [-0.2, -0.15) is 10.2 Å². The lowest BCUT2D eigenvalue weighted by Crippen LogP contribution is -2.20. The standard InChI is InChI=1S/C28H23ClN4O3/c1-28(2,3)19-11-13-20(14-12-19)36-26-21(27(35)33-15-7-6-10-24(33)32-26)16-18(17-30)25(34)31-23-9-5-4-8-22(23)29/h4-16H,1-3H3,(H,31,34)/b18-16+. The molecule has 0 saturated carbocycles. The first kappa shape index (κ1) is 24.7. The SMILES string of the molecule is CC(C)(C)c1ccc(Oc2nc3ccccn3c(=O)c2/C=C(\C#N)C(=O)Nc2ccccc2Cl)cc1. The molecule has 0 atom stereocenters. The fourth-order valence-corrected chi connectivity index (χ4v) is 3.65. The van der Waals surface area contributed by atoms with Crippen molar-refractivity contribution in [2.75, 3.05) is 5.32 Å². The first-order chi connectivity index (χ1) is 17.2. The molecule has 2 aromatic heterocycles. The molecule has 36 heavy (non-hydrogen) atoms. The molecule has 4 aromatic rings. The number of halogens is 1. The van der Waals surface area contributed by atoms with E-state index in [4.69, 9.17) is 16.3 Å². The Labute approximate surface area is 213 Å². The average Bonchev–Trinajstić information content (AvgIpc) is 2.85. The van der Waals surface area contributed by atoms with Crippen molar-refractivity contribution in [1.29, 1.82) is 5.26 Å². The maximum atomic E-state index is 13.3. The minimum Gasteiger partial charge on any atom is -0.438 e. The fourth-order valence-electron chi connectivity index (χ4n) is 3.46. The van der Waals surface area contributed by atoms with Crippen LogP contribution in [0.2, 0.25) is 5.02 Å². The van der Waals surface area contributed by atoms with Crippen LogP contribution in [0.15, 0.2) is 83.3 Å². The molecule has 1 amide bonds. The van der Waals surface area contributed by atoms with Crippen LogP contribution < -0.4 is 15.6 Å². The van der Waals surface area contributed by atoms with Crippen LogP contribution in [-0.2, 0) is 10.2 Å². The van der Waals surface area contributed by atoms with Gasteiger partial charge in [0.1, 0.15) is 28.6 Å². The van der Waals surface area contributed by atoms with Gasteiger partial charge in [-0.1, -0.05) is 62.7 Å². The van der Waals surface area contributed by atoms with Gasteiger partial charge in [-0.05, 0) is 53.5 Å². The number of rotatable bonds is 5. The number of aromatic nitrogens is 2. The highest BCUT2D eigenvalue weighted by molar-refractivity contribution is 6.34. The molecule has 180 valence electrons. The van der Waals surface area contributed by atoms with Crippen LogP contribution in [0.5, 0.6) is 11.6 Å². The highest BCUT2D eigenvalue weighted by Gasteiger charge is 2.19. The molecule has 0 bridgehead atoms. The summed E-state index contributed by atoms with van der Waals surface area (Å²) in [5.41, 5.74) is 0.948. The Hall–Kier alpha value is -4.41. The van der Waals surface area contributed by atoms with E-state index >= 15 is 0 Å². The Morgan fingerprint density at radius 3 is 2.44 bits per heavy atom. The first-order valence-electron chi connectivity index (χ1n) is 11.1. The van der Waals surface area contributed by atoms with Crippen molar-refractivity contribution in [1.82, 2.24) is 9.38 Å². The lowest BCUT2D eigenvalue weighted by molar-refractivity contribution is -0.112. The number of fused-ring (bicyclic) bond motifs is 1. The Bertz CT molecular complexity index is 1580. The second-order valence-electron chi connectivity index (χ2n) is 9.04. The van der Waals surface area contributed by atoms with Crippen LogP contribution in [0.3, 0.4) is 0 Å². The number of para-hydroxylation sites is 1. The molecule has 2 heterocycles. The zero-order chi connectivity index (χ0) is 25.9. The van der Waals surface area contributed by atoms with E-state index in [9.17, 15) is 14.9 Å². The predicted molar refractivity (Wildman–Crippen MR) is 140 cm³/mol. The van der Waals surface area contributed by atoms with Gasteiger partial charge in [-0.25, -0.2) is 0 Å². The highest BCUT2D eigenvalue weighted by Crippen LogP contribution is 2.28. The largest absolute Gasteiger partial charge is 0.438 e. The van der Waals surface area contributed by atoms with Gasteiger partial charge in [0, 0.05) is 6.20 Å². The fraction of sp³-hybridized carbons (Fsp3) is 0.143. The highest BCUT2D eigenvalue weighted by atomic mass is 35.5. The van der Waals surface area contributed by atoms with Crippen LogP contribution in [0.25, 0.3) is 11.7 Å². The van der Waals surface area contributed by atoms with Crippen LogP contribution in [0, 0.1) is 11.3 Å². The lowest BCUT2D eigenvalue weighted by Gasteiger charge is -2.19. The maximum absolute atomic E-state index is 13.3. The van der Waals surface area contributed by atoms with Gasteiger partial charge in [0.05, 0.1) is 10.7 Å². The third-order valence-corrected chi connectivity index (χ3v) is 5.77. The van der Waals surface area contributed by atoms with Gasteiger partial charge >= 0.3 is 0 Å². The Balaban J connectivity index is 1.78. The minimum absolute atomic E-state index is 0.0204. The number of nitriles is 1. The third-order valence-electron chi connectivity index (χ3n) is 5.44. The van der Waals surface area contributed by atoms with E-state index in [0.717, 1.165) is 5.56 Å². The van der Waals surface area contributed by atoms with E-state index in [0.29, 0.717) is 22.1 Å². The first-order valence-corrected chi connectivity index (χ1v) is 11.5. The zero-order valence-corrected chi connectivity index (χ0v) is 20.7. The summed E-state index contributed by atoms with van der Waals surface area (Å²) in [4.78, 5) is 30.7. The van der Waals surface area contributed by atoms with Gasteiger partial charge in [-0.15, -0.1) is 0 Å². The van der Waals surface area contributed by atoms with Crippen molar-refractivity contribution in [3.05, 3.63) is 105 Å². The van der Waals surface area contributed by atoms with Crippen LogP contribution >= 0.6 is 11.6 Å². The van der Waals surface area contributed by atoms with Gasteiger partial charge in [0.25, 0.3) is 11.5 Å². The molecule has 8 heteroatoms. The monoisotopic (exact) mass is 498 g/mol. The lowest BCUT2D eigenvalue weighted by atomic mass is 9.87. The quantitative estimate of drug-likeness (QED) is 0.269. The molecule has 0 saturated heterocycles. The molecular formula is C28H23ClN4O3. The number of benzene rings is 2. The second-order valence-corrected chi connectivity index (χ2v) is 9.45. The molecule has 2 aromatic carbocycles. The number of ether oxygens (including phenoxy) is 1. The van der Waals surface area contributed by atoms with Crippen molar-refractivity contribution < 1.29 is 9.53 Å². The summed E-state index contributed by atoms with van der Waals surface area (Å²) in [6.07, 6.45) is 2.74. The maximum Gasteiger partial charge on any atom is 0.269 e. The Morgan fingerprint density at radius 2 is 1.78 bits per heavy atom. The summed E-state index contributed by atoms with van der Waals surface area (Å²) in [6, 6.07) is 21.1. The van der Waals surface area contributed by atoms with Gasteiger partial charge in [0.2, 0.25) is 5.88 Å². The molecule has 0 radical (unpaired) electrons. The van der Waals surface area contributed by atoms with E-state index < -0.39 is 11.5 Å². The Morgan fingerprint density at radius 1 is 1.08 bits per heavy atom. The number of carbonyl (C=O) groups is 1. The van der Waals surface area contributed by atoms with Crippen LogP contribution in [0.4, 0.5) is 5.69 Å². The molecule has 0 fully saturated rings. The summed E-state index contributed by atoms with van der Waals surface area (Å²) in [6.45, 7) is 6.32. The third kappa shape index (κ3) is 5.29. The number of nitrogens with zero attached hydrogens (tertiary/aromatic N) is 3. The summed E-state index contributed by atoms with van der Waals surface area (Å²) in [7, 11) is 0. The van der Waals surface area contributed by atoms with Crippen LogP contribution in [-0.4, -0.2) is 15.3 Å². The number of hydrogen-bond donors (Lipinski definition) is 1. The number of amides is 1. The summed E-state index contributed by atoms with van der Waals surface area (Å²) in [5, 5.41) is 12.6. The molecule has 4 rings (SSSR count). The average molecular weight is 499 g/mol. The number of carbonyl (C=O) groups excluding carboxylic acids is 1. The second kappa shape index (κ2) is 10.1. The number of hydrogen-bond acceptors (Lipinski definition) is 5. The van der Waals surface area contributed by atoms with Crippen molar-refractivity contribution in [2.45, 2.75) is 26.2 Å². The molecule has 0 aliphatic rings. The van der Waals surface area contributed by atoms with Crippen molar-refractivity contribution in [3.63, 3.8) is 0 Å². The molecule has 0 spiro atoms. The van der Waals surface area contributed by atoms with E-state index in [1.54, 1.807) is 60.8 Å². The number of anilines is 1. The zero-order valence-electron chi connectivity index (χ0n) is 19.9. The molecule has 7 nitrogen and oxygen atoms in total. The van der Waals surface area contributed by atoms with E-state index in [1.165, 1.54) is 10.5 Å². The number of nitrogens with one attached hydrogen (secondary N) is 1. The Kier molecular flexibility index (Phi) is 6.91. The van der Waals surface area contributed by atoms with E-state index in [-0.39, 0.29) is 22.4 Å². The van der Waals surface area contributed by atoms with E-state index in [1.807, 2.05) is 18.2 Å². The molecule has 0 unspecified atom stereocenters. The summed E-state index contributed by atoms with van der Waals surface area (Å²) in [5.74, 6) is -0.277. The van der Waals surface area contributed by atoms with Crippen molar-refractivity contribution >= 4 is 34.9 Å². The smallest absolute Gasteiger partial charge is 0.269 e. The van der Waals surface area contributed by atoms with Gasteiger partial charge in [0.15, 0.2) is 0 Å². The molecule has 0 aliphatic heterocycles. The van der Waals surface area contributed by atoms with Gasteiger partial charge in [-0.3, -0.25) is 14.0 Å². The number of pyridine rings is 1. The molecule has 0 aliphatic carbocycles.